The first-order chi connectivity index (χ1) is 9.93. The van der Waals surface area contributed by atoms with E-state index in [1.54, 1.807) is 7.05 Å². The predicted octanol–water partition coefficient (Wildman–Crippen LogP) is 2.20. The van der Waals surface area contributed by atoms with Gasteiger partial charge in [-0.05, 0) is 24.6 Å². The molecule has 0 saturated heterocycles. The van der Waals surface area contributed by atoms with Crippen LogP contribution in [0.4, 0.5) is 14.5 Å². The van der Waals surface area contributed by atoms with Crippen molar-refractivity contribution in [2.24, 2.45) is 7.05 Å². The number of nitrogens with two attached hydrogens (primary N) is 1. The number of esters is 1. The fraction of sp³-hybridized carbons (Fsp3) is 0.286. The highest BCUT2D eigenvalue weighted by Gasteiger charge is 2.21. The second-order valence-corrected chi connectivity index (χ2v) is 4.50. The summed E-state index contributed by atoms with van der Waals surface area (Å²) in [6, 6.07) is 2.95. The lowest BCUT2D eigenvalue weighted by molar-refractivity contribution is 0.0457. The standard InChI is InChI=1S/C14H15F2N3O2/c1-3-11-12(17)13(19(2)18-11)14(20)21-7-8-6-9(15)4-5-10(8)16/h4-6H,3,7,17H2,1-2H3. The minimum Gasteiger partial charge on any atom is -0.456 e. The Kier molecular flexibility index (Phi) is 4.21. The van der Waals surface area contributed by atoms with E-state index in [0.29, 0.717) is 12.1 Å². The summed E-state index contributed by atoms with van der Waals surface area (Å²) in [6.45, 7) is 1.48. The molecule has 21 heavy (non-hydrogen) atoms. The Labute approximate surface area is 120 Å². The van der Waals surface area contributed by atoms with E-state index in [4.69, 9.17) is 10.5 Å². The Bertz CT molecular complexity index is 683. The van der Waals surface area contributed by atoms with E-state index in [9.17, 15) is 13.6 Å². The Morgan fingerprint density at radius 3 is 2.76 bits per heavy atom. The first-order valence-corrected chi connectivity index (χ1v) is 6.36. The molecule has 0 amide bonds. The maximum absolute atomic E-state index is 13.4. The summed E-state index contributed by atoms with van der Waals surface area (Å²) >= 11 is 0. The van der Waals surface area contributed by atoms with Crippen LogP contribution in [-0.4, -0.2) is 15.7 Å². The van der Waals surface area contributed by atoms with Crippen molar-refractivity contribution in [3.8, 4) is 0 Å². The zero-order chi connectivity index (χ0) is 15.6. The Morgan fingerprint density at radius 2 is 2.14 bits per heavy atom. The number of carbonyl (C=O) groups is 1. The zero-order valence-electron chi connectivity index (χ0n) is 11.7. The predicted molar refractivity (Wildman–Crippen MR) is 72.5 cm³/mol. The molecule has 0 radical (unpaired) electrons. The van der Waals surface area contributed by atoms with Crippen molar-refractivity contribution < 1.29 is 18.3 Å². The Balaban J connectivity index is 2.15. The van der Waals surface area contributed by atoms with Crippen LogP contribution in [0.1, 0.15) is 28.7 Å². The molecule has 0 bridgehead atoms. The van der Waals surface area contributed by atoms with Crippen molar-refractivity contribution in [3.05, 3.63) is 46.8 Å². The van der Waals surface area contributed by atoms with Crippen LogP contribution in [0, 0.1) is 11.6 Å². The van der Waals surface area contributed by atoms with Crippen LogP contribution in [0.25, 0.3) is 0 Å². The van der Waals surface area contributed by atoms with Gasteiger partial charge in [-0.15, -0.1) is 0 Å². The van der Waals surface area contributed by atoms with E-state index in [-0.39, 0.29) is 23.6 Å². The van der Waals surface area contributed by atoms with Crippen molar-refractivity contribution in [2.75, 3.05) is 5.73 Å². The molecule has 0 fully saturated rings. The second kappa shape index (κ2) is 5.90. The van der Waals surface area contributed by atoms with Crippen molar-refractivity contribution >= 4 is 11.7 Å². The molecule has 0 saturated carbocycles. The van der Waals surface area contributed by atoms with E-state index in [1.165, 1.54) is 4.68 Å². The van der Waals surface area contributed by atoms with Crippen LogP contribution in [0.5, 0.6) is 0 Å². The summed E-state index contributed by atoms with van der Waals surface area (Å²) in [4.78, 5) is 12.0. The van der Waals surface area contributed by atoms with Gasteiger partial charge in [0.2, 0.25) is 0 Å². The van der Waals surface area contributed by atoms with E-state index in [1.807, 2.05) is 6.92 Å². The van der Waals surface area contributed by atoms with Crippen LogP contribution < -0.4 is 5.73 Å². The Morgan fingerprint density at radius 1 is 1.43 bits per heavy atom. The van der Waals surface area contributed by atoms with Gasteiger partial charge in [0.1, 0.15) is 18.2 Å². The SMILES string of the molecule is CCc1nn(C)c(C(=O)OCc2cc(F)ccc2F)c1N. The highest BCUT2D eigenvalue weighted by atomic mass is 19.1. The van der Waals surface area contributed by atoms with Gasteiger partial charge < -0.3 is 10.5 Å². The van der Waals surface area contributed by atoms with Gasteiger partial charge in [-0.1, -0.05) is 6.92 Å². The van der Waals surface area contributed by atoms with Gasteiger partial charge in [0.15, 0.2) is 5.69 Å². The lowest BCUT2D eigenvalue weighted by atomic mass is 10.2. The highest BCUT2D eigenvalue weighted by molar-refractivity contribution is 5.93. The van der Waals surface area contributed by atoms with E-state index < -0.39 is 17.6 Å². The zero-order valence-corrected chi connectivity index (χ0v) is 11.7. The molecular weight excluding hydrogens is 280 g/mol. The average molecular weight is 295 g/mol. The number of benzene rings is 1. The number of aryl methyl sites for hydroxylation is 2. The number of anilines is 1. The lowest BCUT2D eigenvalue weighted by Crippen LogP contribution is -2.13. The summed E-state index contributed by atoms with van der Waals surface area (Å²) < 4.78 is 32.8. The summed E-state index contributed by atoms with van der Waals surface area (Å²) in [6.07, 6.45) is 0.575. The maximum atomic E-state index is 13.4. The van der Waals surface area contributed by atoms with Crippen LogP contribution in [0.2, 0.25) is 0 Å². The molecule has 0 aliphatic rings. The topological polar surface area (TPSA) is 70.1 Å². The first kappa shape index (κ1) is 15.0. The van der Waals surface area contributed by atoms with Gasteiger partial charge in [0, 0.05) is 12.6 Å². The molecule has 0 atom stereocenters. The van der Waals surface area contributed by atoms with Gasteiger partial charge in [-0.2, -0.15) is 5.10 Å². The minimum absolute atomic E-state index is 0.0418. The maximum Gasteiger partial charge on any atom is 0.359 e. The number of hydrogen-bond donors (Lipinski definition) is 1. The minimum atomic E-state index is -0.731. The van der Waals surface area contributed by atoms with Crippen LogP contribution in [0.15, 0.2) is 18.2 Å². The fourth-order valence-corrected chi connectivity index (χ4v) is 1.96. The molecule has 0 spiro atoms. The molecule has 2 N–H and O–H groups in total. The molecular formula is C14H15F2N3O2. The number of halogens is 2. The largest absolute Gasteiger partial charge is 0.456 e. The van der Waals surface area contributed by atoms with Crippen LogP contribution in [-0.2, 0) is 24.8 Å². The summed E-state index contributed by atoms with van der Waals surface area (Å²) in [5.41, 5.74) is 6.70. The summed E-state index contributed by atoms with van der Waals surface area (Å²) in [7, 11) is 1.56. The van der Waals surface area contributed by atoms with Gasteiger partial charge in [-0.25, -0.2) is 13.6 Å². The van der Waals surface area contributed by atoms with Gasteiger partial charge in [0.25, 0.3) is 0 Å². The van der Waals surface area contributed by atoms with E-state index in [0.717, 1.165) is 18.2 Å². The molecule has 5 nitrogen and oxygen atoms in total. The second-order valence-electron chi connectivity index (χ2n) is 4.50. The van der Waals surface area contributed by atoms with E-state index >= 15 is 0 Å². The molecule has 2 aromatic rings. The number of nitrogens with zero attached hydrogens (tertiary/aromatic N) is 2. The van der Waals surface area contributed by atoms with Crippen molar-refractivity contribution in [2.45, 2.75) is 20.0 Å². The highest BCUT2D eigenvalue weighted by Crippen LogP contribution is 2.19. The van der Waals surface area contributed by atoms with E-state index in [2.05, 4.69) is 5.10 Å². The molecule has 1 aromatic carbocycles. The van der Waals surface area contributed by atoms with Crippen LogP contribution >= 0.6 is 0 Å². The monoisotopic (exact) mass is 295 g/mol. The third kappa shape index (κ3) is 3.01. The fourth-order valence-electron chi connectivity index (χ4n) is 1.96. The molecule has 0 aliphatic carbocycles. The first-order valence-electron chi connectivity index (χ1n) is 6.36. The van der Waals surface area contributed by atoms with Crippen molar-refractivity contribution in [1.29, 1.82) is 0 Å². The number of aromatic nitrogens is 2. The van der Waals surface area contributed by atoms with Gasteiger partial charge in [-0.3, -0.25) is 4.68 Å². The summed E-state index contributed by atoms with van der Waals surface area (Å²) in [5.74, 6) is -1.97. The number of rotatable bonds is 4. The van der Waals surface area contributed by atoms with Crippen molar-refractivity contribution in [3.63, 3.8) is 0 Å². The molecule has 1 heterocycles. The molecule has 0 unspecified atom stereocenters. The smallest absolute Gasteiger partial charge is 0.359 e. The molecule has 1 aromatic heterocycles. The Hall–Kier alpha value is -2.44. The molecule has 0 aliphatic heterocycles. The number of ether oxygens (including phenoxy) is 1. The average Bonchev–Trinajstić information content (AvgIpc) is 2.74. The number of nitrogen functional groups attached to an aromatic ring is 1. The van der Waals surface area contributed by atoms with Crippen LogP contribution in [0.3, 0.4) is 0 Å². The number of carbonyl (C=O) groups excluding carboxylic acids is 1. The third-order valence-corrected chi connectivity index (χ3v) is 3.06. The molecule has 112 valence electrons. The summed E-state index contributed by atoms with van der Waals surface area (Å²) in [5, 5.41) is 4.09. The number of hydrogen-bond acceptors (Lipinski definition) is 4. The lowest BCUT2D eigenvalue weighted by Gasteiger charge is -2.07. The molecule has 2 rings (SSSR count). The molecule has 7 heteroatoms. The third-order valence-electron chi connectivity index (χ3n) is 3.06. The normalized spacial score (nSPS) is 10.7. The van der Waals surface area contributed by atoms with Gasteiger partial charge in [0.05, 0.1) is 11.4 Å². The quantitative estimate of drug-likeness (QED) is 0.878. The van der Waals surface area contributed by atoms with Gasteiger partial charge >= 0.3 is 5.97 Å². The van der Waals surface area contributed by atoms with Crippen molar-refractivity contribution in [1.82, 2.24) is 9.78 Å².